The van der Waals surface area contributed by atoms with E-state index >= 15 is 4.39 Å². The Morgan fingerprint density at radius 1 is 1.00 bits per heavy atom. The van der Waals surface area contributed by atoms with Crippen LogP contribution in [0.2, 0.25) is 10.0 Å². The summed E-state index contributed by atoms with van der Waals surface area (Å²) in [6, 6.07) is 13.8. The van der Waals surface area contributed by atoms with E-state index in [2.05, 4.69) is 20.9 Å². The van der Waals surface area contributed by atoms with Crippen molar-refractivity contribution < 1.29 is 28.2 Å². The topological polar surface area (TPSA) is 111 Å². The van der Waals surface area contributed by atoms with Crippen LogP contribution in [0, 0.1) is 11.7 Å². The minimum absolute atomic E-state index is 0.0138. The zero-order valence-corrected chi connectivity index (χ0v) is 24.7. The van der Waals surface area contributed by atoms with E-state index in [0.29, 0.717) is 56.3 Å². The SMILES string of the molecule is COc1c(OCC2CCNCC2)ccc2c(Oc3ccc(NC(=O)C(=O)NCc4ccc(Cl)cc4Cl)cc3F)ccnc12. The molecule has 3 aromatic carbocycles. The highest BCUT2D eigenvalue weighted by Crippen LogP contribution is 2.40. The number of aromatic nitrogens is 1. The second-order valence-corrected chi connectivity index (χ2v) is 10.8. The fourth-order valence-corrected chi connectivity index (χ4v) is 5.17. The molecule has 9 nitrogen and oxygen atoms in total. The van der Waals surface area contributed by atoms with E-state index < -0.39 is 17.6 Å². The summed E-state index contributed by atoms with van der Waals surface area (Å²) in [5.41, 5.74) is 1.17. The number of nitrogens with one attached hydrogen (secondary N) is 3. The Labute approximate surface area is 257 Å². The number of piperidine rings is 1. The minimum atomic E-state index is -0.969. The number of nitrogens with zero attached hydrogens (tertiary/aromatic N) is 1. The Morgan fingerprint density at radius 3 is 2.53 bits per heavy atom. The van der Waals surface area contributed by atoms with Crippen molar-refractivity contribution in [3.63, 3.8) is 0 Å². The van der Waals surface area contributed by atoms with Crippen LogP contribution in [0.25, 0.3) is 10.9 Å². The first-order valence-corrected chi connectivity index (χ1v) is 14.4. The highest BCUT2D eigenvalue weighted by atomic mass is 35.5. The predicted octanol–water partition coefficient (Wildman–Crippen LogP) is 6.11. The van der Waals surface area contributed by atoms with Gasteiger partial charge in [0.1, 0.15) is 11.3 Å². The number of pyridine rings is 1. The highest BCUT2D eigenvalue weighted by Gasteiger charge is 2.19. The van der Waals surface area contributed by atoms with Gasteiger partial charge in [0.05, 0.1) is 13.7 Å². The summed E-state index contributed by atoms with van der Waals surface area (Å²) in [5, 5.41) is 9.59. The van der Waals surface area contributed by atoms with Gasteiger partial charge in [-0.2, -0.15) is 0 Å². The monoisotopic (exact) mass is 626 g/mol. The van der Waals surface area contributed by atoms with Crippen LogP contribution in [0.1, 0.15) is 18.4 Å². The highest BCUT2D eigenvalue weighted by molar-refractivity contribution is 6.39. The van der Waals surface area contributed by atoms with Crippen LogP contribution in [0.3, 0.4) is 0 Å². The molecule has 224 valence electrons. The number of benzene rings is 3. The number of methoxy groups -OCH3 is 1. The smallest absolute Gasteiger partial charge is 0.313 e. The summed E-state index contributed by atoms with van der Waals surface area (Å²) >= 11 is 12.0. The van der Waals surface area contributed by atoms with Gasteiger partial charge in [-0.1, -0.05) is 29.3 Å². The number of amides is 2. The van der Waals surface area contributed by atoms with Crippen molar-refractivity contribution in [1.29, 1.82) is 0 Å². The van der Waals surface area contributed by atoms with Crippen LogP contribution in [0.15, 0.2) is 60.8 Å². The minimum Gasteiger partial charge on any atom is -0.491 e. The molecule has 1 aromatic heterocycles. The van der Waals surface area contributed by atoms with Crippen LogP contribution < -0.4 is 30.2 Å². The fraction of sp³-hybridized carbons (Fsp3) is 0.258. The van der Waals surface area contributed by atoms with Gasteiger partial charge >= 0.3 is 11.8 Å². The fourth-order valence-electron chi connectivity index (χ4n) is 4.69. The first kappa shape index (κ1) is 30.3. The first-order chi connectivity index (χ1) is 20.8. The van der Waals surface area contributed by atoms with Crippen molar-refractivity contribution in [1.82, 2.24) is 15.6 Å². The van der Waals surface area contributed by atoms with E-state index in [1.165, 1.54) is 18.2 Å². The molecule has 1 fully saturated rings. The maximum atomic E-state index is 15.1. The van der Waals surface area contributed by atoms with Crippen LogP contribution in [0.4, 0.5) is 10.1 Å². The molecule has 0 saturated carbocycles. The molecule has 0 atom stereocenters. The van der Waals surface area contributed by atoms with Crippen molar-refractivity contribution in [2.75, 3.05) is 32.1 Å². The number of hydrogen-bond acceptors (Lipinski definition) is 7. The van der Waals surface area contributed by atoms with Crippen LogP contribution >= 0.6 is 23.2 Å². The first-order valence-electron chi connectivity index (χ1n) is 13.6. The number of carbonyl (C=O) groups excluding carboxylic acids is 2. The summed E-state index contributed by atoms with van der Waals surface area (Å²) < 4.78 is 32.7. The van der Waals surface area contributed by atoms with Gasteiger partial charge in [0, 0.05) is 39.9 Å². The maximum Gasteiger partial charge on any atom is 0.313 e. The largest absolute Gasteiger partial charge is 0.491 e. The molecule has 0 aliphatic carbocycles. The average molecular weight is 628 g/mol. The number of halogens is 3. The summed E-state index contributed by atoms with van der Waals surface area (Å²) in [5.74, 6) is -0.863. The van der Waals surface area contributed by atoms with Crippen molar-refractivity contribution in [2.45, 2.75) is 19.4 Å². The maximum absolute atomic E-state index is 15.1. The number of rotatable bonds is 9. The molecular weight excluding hydrogens is 598 g/mol. The predicted molar refractivity (Wildman–Crippen MR) is 163 cm³/mol. The third kappa shape index (κ3) is 7.45. The van der Waals surface area contributed by atoms with E-state index in [1.807, 2.05) is 0 Å². The van der Waals surface area contributed by atoms with Crippen molar-refractivity contribution in [3.8, 4) is 23.0 Å². The number of fused-ring (bicyclic) bond motifs is 1. The van der Waals surface area contributed by atoms with Gasteiger partial charge in [-0.05, 0) is 79.9 Å². The van der Waals surface area contributed by atoms with E-state index in [-0.39, 0.29) is 18.0 Å². The zero-order valence-electron chi connectivity index (χ0n) is 23.2. The summed E-state index contributed by atoms with van der Waals surface area (Å²) in [6.07, 6.45) is 3.64. The quantitative estimate of drug-likeness (QED) is 0.192. The molecule has 12 heteroatoms. The van der Waals surface area contributed by atoms with Gasteiger partial charge in [0.15, 0.2) is 23.1 Å². The molecule has 0 radical (unpaired) electrons. The molecule has 0 unspecified atom stereocenters. The second kappa shape index (κ2) is 13.9. The molecule has 2 amide bonds. The number of carbonyl (C=O) groups is 2. The lowest BCUT2D eigenvalue weighted by Gasteiger charge is -2.23. The molecule has 2 heterocycles. The van der Waals surface area contributed by atoms with E-state index in [4.69, 9.17) is 37.4 Å². The molecule has 1 saturated heterocycles. The van der Waals surface area contributed by atoms with E-state index in [1.54, 1.807) is 43.6 Å². The number of hydrogen-bond donors (Lipinski definition) is 3. The Kier molecular flexibility index (Phi) is 9.81. The molecular formula is C31H29Cl2FN4O5. The molecule has 5 rings (SSSR count). The van der Waals surface area contributed by atoms with Crippen LogP contribution in [0.5, 0.6) is 23.0 Å². The Hall–Kier alpha value is -4.12. The lowest BCUT2D eigenvalue weighted by molar-refractivity contribution is -0.136. The van der Waals surface area contributed by atoms with Gasteiger partial charge in [-0.3, -0.25) is 14.6 Å². The van der Waals surface area contributed by atoms with Crippen molar-refractivity contribution in [2.24, 2.45) is 5.92 Å². The van der Waals surface area contributed by atoms with Crippen LogP contribution in [-0.4, -0.2) is 43.6 Å². The molecule has 0 spiro atoms. The summed E-state index contributed by atoms with van der Waals surface area (Å²) in [6.45, 7) is 2.54. The third-order valence-corrected chi connectivity index (χ3v) is 7.59. The zero-order chi connectivity index (χ0) is 30.3. The molecule has 1 aliphatic rings. The molecule has 43 heavy (non-hydrogen) atoms. The molecule has 1 aliphatic heterocycles. The lowest BCUT2D eigenvalue weighted by Crippen LogP contribution is -2.35. The molecule has 4 aromatic rings. The Bertz CT molecular complexity index is 1650. The van der Waals surface area contributed by atoms with Gasteiger partial charge in [-0.25, -0.2) is 4.39 Å². The average Bonchev–Trinajstić information content (AvgIpc) is 3.01. The molecule has 3 N–H and O–H groups in total. The lowest BCUT2D eigenvalue weighted by atomic mass is 9.99. The summed E-state index contributed by atoms with van der Waals surface area (Å²) in [4.78, 5) is 29.1. The molecule has 0 bridgehead atoms. The van der Waals surface area contributed by atoms with E-state index in [0.717, 1.165) is 32.0 Å². The Morgan fingerprint density at radius 2 is 1.79 bits per heavy atom. The number of ether oxygens (including phenoxy) is 3. The summed E-state index contributed by atoms with van der Waals surface area (Å²) in [7, 11) is 1.54. The van der Waals surface area contributed by atoms with Crippen molar-refractivity contribution in [3.05, 3.63) is 82.2 Å². The van der Waals surface area contributed by atoms with Crippen molar-refractivity contribution >= 4 is 51.6 Å². The second-order valence-electron chi connectivity index (χ2n) is 9.93. The van der Waals surface area contributed by atoms with Gasteiger partial charge in [0.25, 0.3) is 0 Å². The van der Waals surface area contributed by atoms with Gasteiger partial charge in [-0.15, -0.1) is 0 Å². The Balaban J connectivity index is 1.24. The van der Waals surface area contributed by atoms with Crippen LogP contribution in [-0.2, 0) is 16.1 Å². The normalized spacial score (nSPS) is 13.4. The van der Waals surface area contributed by atoms with Gasteiger partial charge < -0.3 is 30.2 Å². The van der Waals surface area contributed by atoms with Gasteiger partial charge in [0.2, 0.25) is 0 Å². The third-order valence-electron chi connectivity index (χ3n) is 7.00. The van der Waals surface area contributed by atoms with E-state index in [9.17, 15) is 9.59 Å². The number of anilines is 1. The standard InChI is InChI=1S/C31H29Cl2FN4O5/c1-41-29-27(42-17-18-8-11-35-12-9-18)7-5-22-25(10-13-36-28(22)29)43-26-6-4-21(15-24(26)34)38-31(40)30(39)37-16-19-2-3-20(32)14-23(19)33/h2-7,10,13-15,18,35H,8-9,11-12,16-17H2,1H3,(H,37,39)(H,38,40).